The number of methoxy groups -OCH3 is 1. The van der Waals surface area contributed by atoms with E-state index in [1.165, 1.54) is 6.42 Å². The van der Waals surface area contributed by atoms with E-state index in [-0.39, 0.29) is 16.8 Å². The van der Waals surface area contributed by atoms with Gasteiger partial charge >= 0.3 is 0 Å². The second kappa shape index (κ2) is 9.67. The van der Waals surface area contributed by atoms with Crippen LogP contribution in [0.4, 0.5) is 5.69 Å². The summed E-state index contributed by atoms with van der Waals surface area (Å²) in [6.07, 6.45) is 4.23. The van der Waals surface area contributed by atoms with Crippen molar-refractivity contribution in [2.45, 2.75) is 39.2 Å². The minimum atomic E-state index is -0.295. The number of pyridine rings is 1. The highest BCUT2D eigenvalue weighted by Gasteiger charge is 2.21. The molecule has 32 heavy (non-hydrogen) atoms. The summed E-state index contributed by atoms with van der Waals surface area (Å²) in [5, 5.41) is 5.86. The van der Waals surface area contributed by atoms with Crippen molar-refractivity contribution >= 4 is 40.3 Å². The van der Waals surface area contributed by atoms with Gasteiger partial charge in [-0.25, -0.2) is 9.97 Å². The van der Waals surface area contributed by atoms with E-state index in [1.807, 2.05) is 6.92 Å². The molecule has 3 heterocycles. The molecule has 2 aromatic heterocycles. The maximum atomic E-state index is 13.1. The molecule has 0 spiro atoms. The lowest BCUT2D eigenvalue weighted by molar-refractivity contribution is 0.0936. The molecular weight excluding hydrogens is 430 g/mol. The maximum absolute atomic E-state index is 13.1. The minimum Gasteiger partial charge on any atom is -0.383 e. The van der Waals surface area contributed by atoms with Crippen molar-refractivity contribution in [1.82, 2.24) is 19.9 Å². The number of carbonyl (C=O) groups is 2. The number of benzene rings is 1. The highest BCUT2D eigenvalue weighted by molar-refractivity contribution is 6.34. The first-order chi connectivity index (χ1) is 15.5. The zero-order chi connectivity index (χ0) is 22.7. The van der Waals surface area contributed by atoms with Crippen molar-refractivity contribution in [3.63, 3.8) is 0 Å². The molecule has 8 nitrogen and oxygen atoms in total. The summed E-state index contributed by atoms with van der Waals surface area (Å²) in [6.45, 7) is 3.54. The Bertz CT molecular complexity index is 1170. The monoisotopic (exact) mass is 455 g/mol. The Kier molecular flexibility index (Phi) is 6.72. The Hall–Kier alpha value is -2.97. The predicted molar refractivity (Wildman–Crippen MR) is 123 cm³/mol. The average Bonchev–Trinajstić information content (AvgIpc) is 2.94. The lowest BCUT2D eigenvalue weighted by atomic mass is 10.1. The Morgan fingerprint density at radius 2 is 1.97 bits per heavy atom. The van der Waals surface area contributed by atoms with Gasteiger partial charge in [0.15, 0.2) is 5.65 Å². The average molecular weight is 456 g/mol. The minimum absolute atomic E-state index is 0.252. The van der Waals surface area contributed by atoms with Crippen LogP contribution in [0, 0.1) is 6.92 Å². The number of rotatable bonds is 6. The Morgan fingerprint density at radius 1 is 1.12 bits per heavy atom. The van der Waals surface area contributed by atoms with E-state index in [0.29, 0.717) is 35.5 Å². The van der Waals surface area contributed by atoms with Crippen LogP contribution in [-0.2, 0) is 17.7 Å². The van der Waals surface area contributed by atoms with Crippen LogP contribution in [0.1, 0.15) is 51.5 Å². The second-order valence-electron chi connectivity index (χ2n) is 7.87. The van der Waals surface area contributed by atoms with Crippen LogP contribution in [0.15, 0.2) is 24.3 Å². The molecule has 0 atom stereocenters. The van der Waals surface area contributed by atoms with Gasteiger partial charge in [-0.2, -0.15) is 0 Å². The molecule has 0 saturated carbocycles. The molecule has 2 N–H and O–H groups in total. The van der Waals surface area contributed by atoms with E-state index < -0.39 is 0 Å². The zero-order valence-corrected chi connectivity index (χ0v) is 19.0. The fraction of sp³-hybridized carbons (Fsp3) is 0.391. The summed E-state index contributed by atoms with van der Waals surface area (Å²) in [5.74, 6) is 0.398. The van der Waals surface area contributed by atoms with Gasteiger partial charge in [0, 0.05) is 38.0 Å². The fourth-order valence-electron chi connectivity index (χ4n) is 3.93. The number of fused-ring (bicyclic) bond motifs is 3. The molecule has 0 aliphatic carbocycles. The van der Waals surface area contributed by atoms with Crippen molar-refractivity contribution in [1.29, 1.82) is 0 Å². The fourth-order valence-corrected chi connectivity index (χ4v) is 4.19. The Morgan fingerprint density at radius 3 is 2.75 bits per heavy atom. The molecule has 1 aliphatic heterocycles. The van der Waals surface area contributed by atoms with Gasteiger partial charge in [-0.15, -0.1) is 0 Å². The van der Waals surface area contributed by atoms with Crippen molar-refractivity contribution in [2.24, 2.45) is 0 Å². The molecule has 168 valence electrons. The molecule has 0 unspecified atom stereocenters. The summed E-state index contributed by atoms with van der Waals surface area (Å²) >= 11 is 6.30. The summed E-state index contributed by atoms with van der Waals surface area (Å²) in [5.41, 5.74) is 3.44. The van der Waals surface area contributed by atoms with Crippen LogP contribution in [-0.4, -0.2) is 46.6 Å². The number of nitrogens with one attached hydrogen (secondary N) is 2. The molecular formula is C23H26ClN5O3. The lowest BCUT2D eigenvalue weighted by Gasteiger charge is -2.10. The van der Waals surface area contributed by atoms with Crippen LogP contribution in [0.3, 0.4) is 0 Å². The van der Waals surface area contributed by atoms with Crippen molar-refractivity contribution in [2.75, 3.05) is 25.6 Å². The van der Waals surface area contributed by atoms with Gasteiger partial charge in [-0.05, 0) is 44.0 Å². The van der Waals surface area contributed by atoms with E-state index in [9.17, 15) is 9.59 Å². The number of carbonyl (C=O) groups excluding carboxylic acids is 2. The quantitative estimate of drug-likeness (QED) is 0.551. The molecule has 0 radical (unpaired) electrons. The number of aromatic nitrogens is 3. The van der Waals surface area contributed by atoms with Gasteiger partial charge in [0.25, 0.3) is 11.8 Å². The van der Waals surface area contributed by atoms with Crippen LogP contribution in [0.25, 0.3) is 11.2 Å². The predicted octanol–water partition coefficient (Wildman–Crippen LogP) is 3.75. The van der Waals surface area contributed by atoms with Gasteiger partial charge < -0.3 is 19.9 Å². The molecule has 9 heteroatoms. The molecule has 1 aliphatic rings. The normalized spacial score (nSPS) is 13.5. The highest BCUT2D eigenvalue weighted by Crippen LogP contribution is 2.26. The third kappa shape index (κ3) is 4.61. The third-order valence-electron chi connectivity index (χ3n) is 5.50. The highest BCUT2D eigenvalue weighted by atomic mass is 35.5. The topological polar surface area (TPSA) is 98.1 Å². The Balaban J connectivity index is 1.58. The van der Waals surface area contributed by atoms with Gasteiger partial charge in [0.1, 0.15) is 11.3 Å². The smallest absolute Gasteiger partial charge is 0.258 e. The Labute approximate surface area is 191 Å². The van der Waals surface area contributed by atoms with E-state index in [2.05, 4.69) is 20.2 Å². The number of imidazole rings is 1. The van der Waals surface area contributed by atoms with E-state index in [1.54, 1.807) is 31.4 Å². The lowest BCUT2D eigenvalue weighted by Crippen LogP contribution is -2.27. The molecule has 2 amide bonds. The van der Waals surface area contributed by atoms with Crippen LogP contribution in [0.2, 0.25) is 5.02 Å². The summed E-state index contributed by atoms with van der Waals surface area (Å²) < 4.78 is 7.07. The third-order valence-corrected chi connectivity index (χ3v) is 5.81. The van der Waals surface area contributed by atoms with E-state index >= 15 is 0 Å². The largest absolute Gasteiger partial charge is 0.383 e. The van der Waals surface area contributed by atoms with Crippen LogP contribution >= 0.6 is 11.6 Å². The number of hydrogen-bond acceptors (Lipinski definition) is 5. The number of anilines is 1. The number of aryl methyl sites for hydroxylation is 3. The molecule has 1 aromatic carbocycles. The van der Waals surface area contributed by atoms with E-state index in [4.69, 9.17) is 21.3 Å². The van der Waals surface area contributed by atoms with Crippen LogP contribution < -0.4 is 10.6 Å². The van der Waals surface area contributed by atoms with Gasteiger partial charge in [-0.1, -0.05) is 18.0 Å². The number of ether oxygens (including phenoxy) is 1. The SMILES string of the molecule is COCCNC(=O)c1ccc(NC(=O)c2cc(C)nc3c2nc2n3CCCCC2)cc1Cl. The second-order valence-corrected chi connectivity index (χ2v) is 8.28. The van der Waals surface area contributed by atoms with Crippen molar-refractivity contribution in [3.8, 4) is 0 Å². The zero-order valence-electron chi connectivity index (χ0n) is 18.2. The molecule has 0 saturated heterocycles. The molecule has 4 rings (SSSR count). The molecule has 0 fully saturated rings. The first-order valence-electron chi connectivity index (χ1n) is 10.7. The summed E-state index contributed by atoms with van der Waals surface area (Å²) in [4.78, 5) is 34.8. The molecule has 0 bridgehead atoms. The molecule has 3 aromatic rings. The first kappa shape index (κ1) is 22.2. The number of halogens is 1. The van der Waals surface area contributed by atoms with Crippen molar-refractivity contribution < 1.29 is 14.3 Å². The van der Waals surface area contributed by atoms with Gasteiger partial charge in [-0.3, -0.25) is 9.59 Å². The number of amides is 2. The van der Waals surface area contributed by atoms with Gasteiger partial charge in [0.05, 0.1) is 22.8 Å². The van der Waals surface area contributed by atoms with Crippen molar-refractivity contribution in [3.05, 3.63) is 51.9 Å². The standard InChI is InChI=1S/C23H26ClN5O3/c1-14-12-17(20-21(26-14)29-10-5-3-4-6-19(29)28-20)23(31)27-15-7-8-16(18(24)13-15)22(30)25-9-11-32-2/h7-8,12-13H,3-6,9-11H2,1-2H3,(H,25,30)(H,27,31). The first-order valence-corrected chi connectivity index (χ1v) is 11.1. The summed E-state index contributed by atoms with van der Waals surface area (Å²) in [6, 6.07) is 6.57. The number of hydrogen-bond donors (Lipinski definition) is 2. The van der Waals surface area contributed by atoms with Crippen LogP contribution in [0.5, 0.6) is 0 Å². The van der Waals surface area contributed by atoms with E-state index in [0.717, 1.165) is 43.0 Å². The number of nitrogens with zero attached hydrogens (tertiary/aromatic N) is 3. The maximum Gasteiger partial charge on any atom is 0.258 e. The summed E-state index contributed by atoms with van der Waals surface area (Å²) in [7, 11) is 1.56. The van der Waals surface area contributed by atoms with Gasteiger partial charge in [0.2, 0.25) is 0 Å².